The van der Waals surface area contributed by atoms with Crippen LogP contribution < -0.4 is 4.72 Å². The molecule has 4 nitrogen and oxygen atoms in total. The fourth-order valence-corrected chi connectivity index (χ4v) is 3.32. The van der Waals surface area contributed by atoms with E-state index in [0.29, 0.717) is 5.69 Å². The molecule has 0 spiro atoms. The number of hydrogen-bond acceptors (Lipinski definition) is 3. The Hall–Kier alpha value is -1.33. The number of rotatable bonds is 13. The summed E-state index contributed by atoms with van der Waals surface area (Å²) in [6, 6.07) is 7.45. The molecule has 0 amide bonds. The Morgan fingerprint density at radius 1 is 1.08 bits per heavy atom. The van der Waals surface area contributed by atoms with Crippen molar-refractivity contribution in [2.45, 2.75) is 52.4 Å². The molecule has 0 bridgehead atoms. The number of nitrogens with zero attached hydrogens (tertiary/aromatic N) is 1. The lowest BCUT2D eigenvalue weighted by Gasteiger charge is -2.19. The molecule has 1 N–H and O–H groups in total. The van der Waals surface area contributed by atoms with Gasteiger partial charge in [-0.05, 0) is 43.6 Å². The lowest BCUT2D eigenvalue weighted by atomic mass is 10.1. The van der Waals surface area contributed by atoms with Crippen LogP contribution in [0, 0.1) is 0 Å². The maximum Gasteiger partial charge on any atom is 0.229 e. The van der Waals surface area contributed by atoms with Gasteiger partial charge in [-0.2, -0.15) is 0 Å². The Morgan fingerprint density at radius 3 is 2.52 bits per heavy atom. The Morgan fingerprint density at radius 2 is 1.84 bits per heavy atom. The number of hydrogen-bond donors (Lipinski definition) is 1. The number of sulfonamides is 1. The molecule has 142 valence electrons. The average Bonchev–Trinajstić information content (AvgIpc) is 2.55. The molecule has 0 fully saturated rings. The predicted molar refractivity (Wildman–Crippen MR) is 109 cm³/mol. The second-order valence-electron chi connectivity index (χ2n) is 6.54. The molecule has 5 heteroatoms. The highest BCUT2D eigenvalue weighted by atomic mass is 32.2. The van der Waals surface area contributed by atoms with Gasteiger partial charge in [-0.25, -0.2) is 8.42 Å². The van der Waals surface area contributed by atoms with Crippen LogP contribution in [-0.4, -0.2) is 39.2 Å². The number of benzene rings is 1. The topological polar surface area (TPSA) is 49.4 Å². The smallest absolute Gasteiger partial charge is 0.229 e. The van der Waals surface area contributed by atoms with E-state index in [9.17, 15) is 8.42 Å². The molecular formula is C20H34N2O2S. The lowest BCUT2D eigenvalue weighted by Crippen LogP contribution is -2.25. The van der Waals surface area contributed by atoms with E-state index in [-0.39, 0.29) is 0 Å². The fourth-order valence-electron chi connectivity index (χ4n) is 2.76. The van der Waals surface area contributed by atoms with Crippen molar-refractivity contribution in [1.29, 1.82) is 0 Å². The first-order valence-electron chi connectivity index (χ1n) is 9.41. The van der Waals surface area contributed by atoms with Crippen LogP contribution in [0.3, 0.4) is 0 Å². The van der Waals surface area contributed by atoms with Crippen LogP contribution in [-0.2, 0) is 10.0 Å². The lowest BCUT2D eigenvalue weighted by molar-refractivity contribution is 0.286. The summed E-state index contributed by atoms with van der Waals surface area (Å²) >= 11 is 0. The van der Waals surface area contributed by atoms with Gasteiger partial charge in [0.2, 0.25) is 10.0 Å². The highest BCUT2D eigenvalue weighted by Gasteiger charge is 2.02. The SMILES string of the molecule is CCCCCCCN(CC)CC/C=C/c1cccc(NS(C)(=O)=O)c1. The molecule has 0 aliphatic carbocycles. The fraction of sp³-hybridized carbons (Fsp3) is 0.600. The highest BCUT2D eigenvalue weighted by Crippen LogP contribution is 2.13. The molecule has 0 aliphatic rings. The van der Waals surface area contributed by atoms with Gasteiger partial charge in [0.1, 0.15) is 0 Å². The summed E-state index contributed by atoms with van der Waals surface area (Å²) in [6.07, 6.45) is 13.0. The van der Waals surface area contributed by atoms with Gasteiger partial charge in [0, 0.05) is 12.2 Å². The van der Waals surface area contributed by atoms with Gasteiger partial charge in [0.15, 0.2) is 0 Å². The largest absolute Gasteiger partial charge is 0.303 e. The van der Waals surface area contributed by atoms with E-state index in [1.54, 1.807) is 6.07 Å². The molecule has 0 heterocycles. The van der Waals surface area contributed by atoms with Crippen molar-refractivity contribution in [1.82, 2.24) is 4.90 Å². The Kier molecular flexibility index (Phi) is 10.5. The molecule has 0 saturated carbocycles. The quantitative estimate of drug-likeness (QED) is 0.512. The standard InChI is InChI=1S/C20H34N2O2S/c1-4-6-7-8-10-16-22(5-2)17-11-9-13-19-14-12-15-20(18-19)21-25(3,23)24/h9,12-15,18,21H,4-8,10-11,16-17H2,1-3H3/b13-9+. The molecule has 0 aliphatic heterocycles. The second-order valence-corrected chi connectivity index (χ2v) is 8.29. The van der Waals surface area contributed by atoms with E-state index in [1.165, 1.54) is 38.6 Å². The summed E-state index contributed by atoms with van der Waals surface area (Å²) in [4.78, 5) is 2.50. The molecule has 1 aromatic carbocycles. The summed E-state index contributed by atoms with van der Waals surface area (Å²) in [5, 5.41) is 0. The van der Waals surface area contributed by atoms with Gasteiger partial charge in [-0.15, -0.1) is 0 Å². The van der Waals surface area contributed by atoms with E-state index in [0.717, 1.165) is 31.3 Å². The zero-order valence-electron chi connectivity index (χ0n) is 16.0. The van der Waals surface area contributed by atoms with E-state index in [2.05, 4.69) is 35.6 Å². The van der Waals surface area contributed by atoms with Gasteiger partial charge in [-0.3, -0.25) is 4.72 Å². The number of unbranched alkanes of at least 4 members (excludes halogenated alkanes) is 4. The molecule has 0 radical (unpaired) electrons. The minimum Gasteiger partial charge on any atom is -0.303 e. The van der Waals surface area contributed by atoms with Gasteiger partial charge < -0.3 is 4.90 Å². The van der Waals surface area contributed by atoms with Crippen LogP contribution in [0.1, 0.15) is 57.9 Å². The van der Waals surface area contributed by atoms with Gasteiger partial charge in [0.25, 0.3) is 0 Å². The van der Waals surface area contributed by atoms with Gasteiger partial charge in [-0.1, -0.05) is 63.8 Å². The molecule has 0 aromatic heterocycles. The van der Waals surface area contributed by atoms with Crippen LogP contribution in [0.2, 0.25) is 0 Å². The predicted octanol–water partition coefficient (Wildman–Crippen LogP) is 4.75. The highest BCUT2D eigenvalue weighted by molar-refractivity contribution is 7.92. The van der Waals surface area contributed by atoms with Crippen molar-refractivity contribution in [3.63, 3.8) is 0 Å². The third-order valence-electron chi connectivity index (χ3n) is 4.14. The molecule has 1 aromatic rings. The Balaban J connectivity index is 2.37. The summed E-state index contributed by atoms with van der Waals surface area (Å²) in [5.41, 5.74) is 1.61. The average molecular weight is 367 g/mol. The number of nitrogens with one attached hydrogen (secondary N) is 1. The van der Waals surface area contributed by atoms with Crippen LogP contribution in [0.25, 0.3) is 6.08 Å². The second kappa shape index (κ2) is 12.1. The minimum absolute atomic E-state index is 0.604. The third-order valence-corrected chi connectivity index (χ3v) is 4.74. The van der Waals surface area contributed by atoms with Gasteiger partial charge >= 0.3 is 0 Å². The van der Waals surface area contributed by atoms with Crippen LogP contribution in [0.4, 0.5) is 5.69 Å². The Bertz CT molecular complexity index is 612. The number of anilines is 1. The van der Waals surface area contributed by atoms with E-state index < -0.39 is 10.0 Å². The van der Waals surface area contributed by atoms with Crippen molar-refractivity contribution in [3.05, 3.63) is 35.9 Å². The van der Waals surface area contributed by atoms with E-state index in [1.807, 2.05) is 18.2 Å². The van der Waals surface area contributed by atoms with Crippen molar-refractivity contribution in [2.24, 2.45) is 0 Å². The van der Waals surface area contributed by atoms with Crippen LogP contribution in [0.5, 0.6) is 0 Å². The first kappa shape index (κ1) is 21.7. The molecule has 0 saturated heterocycles. The van der Waals surface area contributed by atoms with Crippen molar-refractivity contribution >= 4 is 21.8 Å². The van der Waals surface area contributed by atoms with Crippen molar-refractivity contribution in [3.8, 4) is 0 Å². The summed E-state index contributed by atoms with van der Waals surface area (Å²) < 4.78 is 25.1. The molecule has 1 rings (SSSR count). The monoisotopic (exact) mass is 366 g/mol. The minimum atomic E-state index is -3.23. The maximum atomic E-state index is 11.3. The summed E-state index contributed by atoms with van der Waals surface area (Å²) in [6.45, 7) is 7.81. The first-order valence-corrected chi connectivity index (χ1v) is 11.3. The first-order chi connectivity index (χ1) is 11.9. The van der Waals surface area contributed by atoms with E-state index >= 15 is 0 Å². The van der Waals surface area contributed by atoms with E-state index in [4.69, 9.17) is 0 Å². The normalized spacial score (nSPS) is 12.2. The zero-order chi connectivity index (χ0) is 18.5. The van der Waals surface area contributed by atoms with Crippen molar-refractivity contribution < 1.29 is 8.42 Å². The van der Waals surface area contributed by atoms with Crippen LogP contribution >= 0.6 is 0 Å². The molecular weight excluding hydrogens is 332 g/mol. The Labute approximate surface area is 154 Å². The zero-order valence-corrected chi connectivity index (χ0v) is 16.8. The molecule has 0 atom stereocenters. The van der Waals surface area contributed by atoms with Gasteiger partial charge in [0.05, 0.1) is 6.26 Å². The van der Waals surface area contributed by atoms with Crippen molar-refractivity contribution in [2.75, 3.05) is 30.6 Å². The maximum absolute atomic E-state index is 11.3. The third kappa shape index (κ3) is 11.0. The van der Waals surface area contributed by atoms with Crippen LogP contribution in [0.15, 0.2) is 30.3 Å². The molecule has 0 unspecified atom stereocenters. The summed E-state index contributed by atoms with van der Waals surface area (Å²) in [7, 11) is -3.23. The summed E-state index contributed by atoms with van der Waals surface area (Å²) in [5.74, 6) is 0. The molecule has 25 heavy (non-hydrogen) atoms.